The number of hydrogen-bond donors (Lipinski definition) is 2. The van der Waals surface area contributed by atoms with Gasteiger partial charge in [0.2, 0.25) is 5.88 Å². The molecule has 29 heavy (non-hydrogen) atoms. The van der Waals surface area contributed by atoms with E-state index in [9.17, 15) is 9.59 Å². The Labute approximate surface area is 171 Å². The smallest absolute Gasteiger partial charge is 0.337 e. The molecule has 0 bridgehead atoms. The summed E-state index contributed by atoms with van der Waals surface area (Å²) in [5.74, 6) is -0.640. The largest absolute Gasteiger partial charge is 0.472 e. The van der Waals surface area contributed by atoms with E-state index in [1.807, 2.05) is 18.2 Å². The molecule has 0 fully saturated rings. The average molecular weight is 413 g/mol. The summed E-state index contributed by atoms with van der Waals surface area (Å²) in [6.07, 6.45) is 1.45. The zero-order chi connectivity index (χ0) is 20.6. The van der Waals surface area contributed by atoms with Crippen LogP contribution in [0.5, 0.6) is 5.88 Å². The third-order valence-corrected chi connectivity index (χ3v) is 4.21. The molecular formula is C20H17ClN4O4. The highest BCUT2D eigenvalue weighted by Crippen LogP contribution is 2.17. The molecule has 0 aliphatic carbocycles. The van der Waals surface area contributed by atoms with Crippen LogP contribution in [0, 0.1) is 0 Å². The maximum Gasteiger partial charge on any atom is 0.337 e. The van der Waals surface area contributed by atoms with Crippen molar-refractivity contribution in [2.75, 3.05) is 7.11 Å². The van der Waals surface area contributed by atoms with Gasteiger partial charge in [-0.3, -0.25) is 9.89 Å². The van der Waals surface area contributed by atoms with E-state index in [1.54, 1.807) is 30.3 Å². The van der Waals surface area contributed by atoms with E-state index in [2.05, 4.69) is 25.5 Å². The number of benzene rings is 2. The van der Waals surface area contributed by atoms with E-state index in [-0.39, 0.29) is 18.2 Å². The third kappa shape index (κ3) is 5.43. The predicted molar refractivity (Wildman–Crippen MR) is 107 cm³/mol. The Bertz CT molecular complexity index is 1030. The molecule has 3 aromatic rings. The Balaban J connectivity index is 1.53. The number of rotatable bonds is 7. The second-order valence-corrected chi connectivity index (χ2v) is 6.22. The molecule has 0 saturated carbocycles. The van der Waals surface area contributed by atoms with Crippen LogP contribution in [0.4, 0.5) is 0 Å². The number of carbonyl (C=O) groups is 2. The zero-order valence-corrected chi connectivity index (χ0v) is 16.1. The number of H-pyrrole nitrogens is 1. The van der Waals surface area contributed by atoms with Crippen LogP contribution in [0.25, 0.3) is 0 Å². The van der Waals surface area contributed by atoms with Gasteiger partial charge in [-0.15, -0.1) is 5.10 Å². The number of carbonyl (C=O) groups excluding carboxylic acids is 2. The lowest BCUT2D eigenvalue weighted by Crippen LogP contribution is -2.18. The lowest BCUT2D eigenvalue weighted by molar-refractivity contribution is 0.0600. The van der Waals surface area contributed by atoms with Crippen LogP contribution >= 0.6 is 11.6 Å². The lowest BCUT2D eigenvalue weighted by Gasteiger charge is -2.04. The first kappa shape index (κ1) is 20.1. The van der Waals surface area contributed by atoms with E-state index < -0.39 is 11.9 Å². The monoisotopic (exact) mass is 412 g/mol. The fraction of sp³-hybridized carbons (Fsp3) is 0.100. The second kappa shape index (κ2) is 9.52. The number of aromatic nitrogens is 2. The summed E-state index contributed by atoms with van der Waals surface area (Å²) in [6, 6.07) is 15.3. The summed E-state index contributed by atoms with van der Waals surface area (Å²) in [6.45, 7) is 0.227. The van der Waals surface area contributed by atoms with Crippen molar-refractivity contribution in [1.29, 1.82) is 0 Å². The van der Waals surface area contributed by atoms with Gasteiger partial charge in [0.1, 0.15) is 12.3 Å². The topological polar surface area (TPSA) is 106 Å². The van der Waals surface area contributed by atoms with Crippen LogP contribution in [-0.4, -0.2) is 35.4 Å². The van der Waals surface area contributed by atoms with Gasteiger partial charge in [0.05, 0.1) is 18.9 Å². The molecule has 0 aliphatic rings. The number of nitrogens with one attached hydrogen (secondary N) is 2. The molecule has 2 aromatic carbocycles. The first-order chi connectivity index (χ1) is 14.1. The van der Waals surface area contributed by atoms with Gasteiger partial charge in [0.15, 0.2) is 0 Å². The first-order valence-corrected chi connectivity index (χ1v) is 8.88. The fourth-order valence-electron chi connectivity index (χ4n) is 2.31. The minimum atomic E-state index is -0.479. The Kier molecular flexibility index (Phi) is 6.59. The van der Waals surface area contributed by atoms with Crippen molar-refractivity contribution in [2.45, 2.75) is 6.61 Å². The summed E-state index contributed by atoms with van der Waals surface area (Å²) >= 11 is 6.07. The number of esters is 1. The third-order valence-electron chi connectivity index (χ3n) is 3.84. The molecule has 0 radical (unpaired) electrons. The van der Waals surface area contributed by atoms with Gasteiger partial charge < -0.3 is 9.47 Å². The number of methoxy groups -OCH3 is 1. The van der Waals surface area contributed by atoms with Crippen LogP contribution in [0.2, 0.25) is 5.02 Å². The molecule has 148 valence electrons. The van der Waals surface area contributed by atoms with Crippen molar-refractivity contribution in [1.82, 2.24) is 15.6 Å². The SMILES string of the molecule is COC(=O)c1ccc(/C=N/NC(=O)c2cc(OCc3ccccc3Cl)n[nH]2)cc1. The summed E-state index contributed by atoms with van der Waals surface area (Å²) in [4.78, 5) is 23.5. The molecule has 1 heterocycles. The molecule has 0 aliphatic heterocycles. The lowest BCUT2D eigenvalue weighted by atomic mass is 10.1. The molecule has 1 aromatic heterocycles. The Morgan fingerprint density at radius 3 is 2.69 bits per heavy atom. The maximum absolute atomic E-state index is 12.1. The van der Waals surface area contributed by atoms with E-state index >= 15 is 0 Å². The highest BCUT2D eigenvalue weighted by atomic mass is 35.5. The number of nitrogens with zero attached hydrogens (tertiary/aromatic N) is 2. The van der Waals surface area contributed by atoms with Crippen LogP contribution < -0.4 is 10.2 Å². The summed E-state index contributed by atoms with van der Waals surface area (Å²) in [7, 11) is 1.32. The summed E-state index contributed by atoms with van der Waals surface area (Å²) in [5.41, 5.74) is 4.51. The first-order valence-electron chi connectivity index (χ1n) is 8.50. The number of aromatic amines is 1. The van der Waals surface area contributed by atoms with Gasteiger partial charge in [-0.2, -0.15) is 5.10 Å². The maximum atomic E-state index is 12.1. The molecular weight excluding hydrogens is 396 g/mol. The zero-order valence-electron chi connectivity index (χ0n) is 15.4. The van der Waals surface area contributed by atoms with Crippen molar-refractivity contribution >= 4 is 29.7 Å². The quantitative estimate of drug-likeness (QED) is 0.352. The van der Waals surface area contributed by atoms with Crippen molar-refractivity contribution in [3.63, 3.8) is 0 Å². The number of hydrazone groups is 1. The van der Waals surface area contributed by atoms with Gasteiger partial charge >= 0.3 is 5.97 Å². The molecule has 0 atom stereocenters. The number of halogens is 1. The summed E-state index contributed by atoms with van der Waals surface area (Å²) in [5, 5.41) is 11.0. The van der Waals surface area contributed by atoms with Crippen molar-refractivity contribution in [2.24, 2.45) is 5.10 Å². The van der Waals surface area contributed by atoms with E-state index in [1.165, 1.54) is 19.4 Å². The van der Waals surface area contributed by atoms with Crippen LogP contribution in [-0.2, 0) is 11.3 Å². The van der Waals surface area contributed by atoms with Gasteiger partial charge in [0.25, 0.3) is 5.91 Å². The Hall–Kier alpha value is -3.65. The molecule has 1 amide bonds. The number of amides is 1. The standard InChI is InChI=1S/C20H17ClN4O4/c1-28-20(27)14-8-6-13(7-9-14)11-22-25-19(26)17-10-18(24-23-17)29-12-15-4-2-3-5-16(15)21/h2-11H,12H2,1H3,(H,23,24)(H,25,26)/b22-11+. The molecule has 0 unspecified atom stereocenters. The van der Waals surface area contributed by atoms with E-state index in [0.717, 1.165) is 5.56 Å². The molecule has 0 saturated heterocycles. The van der Waals surface area contributed by atoms with Crippen molar-refractivity contribution < 1.29 is 19.1 Å². The van der Waals surface area contributed by atoms with E-state index in [0.29, 0.717) is 16.1 Å². The molecule has 0 spiro atoms. The van der Waals surface area contributed by atoms with Crippen LogP contribution in [0.1, 0.15) is 32.0 Å². The van der Waals surface area contributed by atoms with Gasteiger partial charge in [-0.05, 0) is 23.8 Å². The number of ether oxygens (including phenoxy) is 2. The minimum absolute atomic E-state index is 0.192. The molecule has 3 rings (SSSR count). The Morgan fingerprint density at radius 2 is 1.97 bits per heavy atom. The van der Waals surface area contributed by atoms with Crippen LogP contribution in [0.3, 0.4) is 0 Å². The van der Waals surface area contributed by atoms with Crippen molar-refractivity contribution in [3.05, 3.63) is 82.0 Å². The molecule has 2 N–H and O–H groups in total. The summed E-state index contributed by atoms with van der Waals surface area (Å²) < 4.78 is 10.2. The predicted octanol–water partition coefficient (Wildman–Crippen LogP) is 3.19. The normalized spacial score (nSPS) is 10.7. The molecule has 9 heteroatoms. The fourth-order valence-corrected chi connectivity index (χ4v) is 2.50. The van der Waals surface area contributed by atoms with Gasteiger partial charge in [0, 0.05) is 16.7 Å². The van der Waals surface area contributed by atoms with Crippen LogP contribution in [0.15, 0.2) is 59.7 Å². The minimum Gasteiger partial charge on any atom is -0.472 e. The highest BCUT2D eigenvalue weighted by Gasteiger charge is 2.10. The Morgan fingerprint density at radius 1 is 1.21 bits per heavy atom. The van der Waals surface area contributed by atoms with Gasteiger partial charge in [-0.1, -0.05) is 41.9 Å². The number of hydrogen-bond acceptors (Lipinski definition) is 6. The second-order valence-electron chi connectivity index (χ2n) is 5.81. The van der Waals surface area contributed by atoms with Gasteiger partial charge in [-0.25, -0.2) is 10.2 Å². The van der Waals surface area contributed by atoms with E-state index in [4.69, 9.17) is 16.3 Å². The highest BCUT2D eigenvalue weighted by molar-refractivity contribution is 6.31. The molecule has 8 nitrogen and oxygen atoms in total. The van der Waals surface area contributed by atoms with Crippen molar-refractivity contribution in [3.8, 4) is 5.88 Å². The average Bonchev–Trinajstić information content (AvgIpc) is 3.22.